The molecule has 2 aliphatic rings. The van der Waals surface area contributed by atoms with Gasteiger partial charge in [-0.1, -0.05) is 11.2 Å². The van der Waals surface area contributed by atoms with Gasteiger partial charge in [-0.05, 0) is 62.4 Å². The van der Waals surface area contributed by atoms with Crippen molar-refractivity contribution >= 4 is 34.7 Å². The number of carbonyl (C=O) groups is 1. The molecule has 0 saturated heterocycles. The summed E-state index contributed by atoms with van der Waals surface area (Å²) in [4.78, 5) is 30.9. The topological polar surface area (TPSA) is 89.4 Å². The Morgan fingerprint density at radius 1 is 1.06 bits per heavy atom. The number of aryl methyl sites for hydroxylation is 1. The van der Waals surface area contributed by atoms with E-state index >= 15 is 0 Å². The summed E-state index contributed by atoms with van der Waals surface area (Å²) in [6.45, 7) is 2.04. The van der Waals surface area contributed by atoms with Crippen LogP contribution in [-0.2, 0) is 9.63 Å². The maximum Gasteiger partial charge on any atom is 0.340 e. The summed E-state index contributed by atoms with van der Waals surface area (Å²) in [5.41, 5.74) is 2.97. The van der Waals surface area contributed by atoms with Crippen LogP contribution in [0.5, 0.6) is 0 Å². The van der Waals surface area contributed by atoms with Crippen molar-refractivity contribution in [2.75, 3.05) is 5.32 Å². The maximum atomic E-state index is 11.3. The second-order valence-corrected chi connectivity index (χ2v) is 9.15. The number of pyridine rings is 2. The third-order valence-corrected chi connectivity index (χ3v) is 7.02. The van der Waals surface area contributed by atoms with Crippen molar-refractivity contribution in [1.29, 1.82) is 0 Å². The van der Waals surface area contributed by atoms with Crippen molar-refractivity contribution < 1.29 is 9.63 Å². The standard InChI is InChI=1S/C23H23N5O2S/c1-14-9-10-24-21(11-14)27-20-4-2-3-17(26-20)19-13-25-23(31-19)16-7-5-15(6-8-16)18-12-22(29)30-28-18/h2-4,9-11,13,15-16H,5-8,12H2,1H3,(H,24,26,27). The van der Waals surface area contributed by atoms with E-state index in [1.807, 2.05) is 43.5 Å². The molecular formula is C23H23N5O2S. The molecule has 158 valence electrons. The van der Waals surface area contributed by atoms with Gasteiger partial charge in [-0.25, -0.2) is 19.7 Å². The lowest BCUT2D eigenvalue weighted by Crippen LogP contribution is -2.20. The molecule has 0 amide bonds. The van der Waals surface area contributed by atoms with Crippen molar-refractivity contribution in [3.05, 3.63) is 53.3 Å². The Bertz CT molecular complexity index is 1130. The molecule has 0 spiro atoms. The van der Waals surface area contributed by atoms with Crippen LogP contribution in [0.2, 0.25) is 0 Å². The minimum atomic E-state index is -0.232. The summed E-state index contributed by atoms with van der Waals surface area (Å²) in [6.07, 6.45) is 8.22. The maximum absolute atomic E-state index is 11.3. The molecule has 0 radical (unpaired) electrons. The van der Waals surface area contributed by atoms with E-state index in [1.165, 1.54) is 0 Å². The first-order chi connectivity index (χ1) is 15.1. The van der Waals surface area contributed by atoms with E-state index < -0.39 is 0 Å². The Balaban J connectivity index is 1.25. The molecule has 4 heterocycles. The van der Waals surface area contributed by atoms with E-state index in [2.05, 4.69) is 15.5 Å². The average molecular weight is 434 g/mol. The highest BCUT2D eigenvalue weighted by atomic mass is 32.1. The van der Waals surface area contributed by atoms with Crippen LogP contribution in [0.15, 0.2) is 47.9 Å². The number of thiazole rings is 1. The molecule has 1 saturated carbocycles. The number of nitrogens with zero attached hydrogens (tertiary/aromatic N) is 4. The minimum absolute atomic E-state index is 0.232. The van der Waals surface area contributed by atoms with Gasteiger partial charge in [0.2, 0.25) is 0 Å². The van der Waals surface area contributed by atoms with E-state index in [9.17, 15) is 4.79 Å². The summed E-state index contributed by atoms with van der Waals surface area (Å²) in [7, 11) is 0. The van der Waals surface area contributed by atoms with Crippen LogP contribution in [0.1, 0.15) is 48.6 Å². The van der Waals surface area contributed by atoms with Crippen molar-refractivity contribution in [3.63, 3.8) is 0 Å². The molecule has 3 aromatic rings. The van der Waals surface area contributed by atoms with Crippen LogP contribution in [0, 0.1) is 12.8 Å². The molecule has 0 bridgehead atoms. The third kappa shape index (κ3) is 4.49. The summed E-state index contributed by atoms with van der Waals surface area (Å²) in [5.74, 6) is 2.13. The molecule has 0 unspecified atom stereocenters. The smallest absolute Gasteiger partial charge is 0.325 e. The number of aromatic nitrogens is 3. The quantitative estimate of drug-likeness (QED) is 0.554. The second-order valence-electron chi connectivity index (χ2n) is 8.09. The number of nitrogens with one attached hydrogen (secondary N) is 1. The Morgan fingerprint density at radius 2 is 1.90 bits per heavy atom. The Morgan fingerprint density at radius 3 is 2.68 bits per heavy atom. The molecule has 7 nitrogen and oxygen atoms in total. The van der Waals surface area contributed by atoms with Gasteiger partial charge in [0, 0.05) is 24.2 Å². The SMILES string of the molecule is Cc1ccnc(Nc2cccc(-c3cnc(C4CCC(C5=NOC(=O)C5)CC4)s3)n2)c1. The van der Waals surface area contributed by atoms with Crippen LogP contribution in [0.4, 0.5) is 11.6 Å². The molecule has 1 aliphatic carbocycles. The van der Waals surface area contributed by atoms with Crippen LogP contribution in [-0.4, -0.2) is 26.6 Å². The van der Waals surface area contributed by atoms with Gasteiger partial charge in [0.05, 0.1) is 27.7 Å². The van der Waals surface area contributed by atoms with Gasteiger partial charge in [0.25, 0.3) is 0 Å². The second kappa shape index (κ2) is 8.55. The normalized spacial score (nSPS) is 20.9. The summed E-state index contributed by atoms with van der Waals surface area (Å²) >= 11 is 1.72. The molecule has 8 heteroatoms. The summed E-state index contributed by atoms with van der Waals surface area (Å²) in [6, 6.07) is 9.91. The van der Waals surface area contributed by atoms with Gasteiger partial charge in [0.1, 0.15) is 11.6 Å². The van der Waals surface area contributed by atoms with Crippen LogP contribution in [0.3, 0.4) is 0 Å². The first-order valence-electron chi connectivity index (χ1n) is 10.5. The first kappa shape index (κ1) is 19.8. The fraction of sp³-hybridized carbons (Fsp3) is 0.348. The zero-order valence-electron chi connectivity index (χ0n) is 17.2. The zero-order valence-corrected chi connectivity index (χ0v) is 18.1. The van der Waals surface area contributed by atoms with E-state index in [0.29, 0.717) is 18.3 Å². The van der Waals surface area contributed by atoms with Crippen LogP contribution < -0.4 is 5.32 Å². The van der Waals surface area contributed by atoms with Crippen molar-refractivity contribution in [2.24, 2.45) is 11.1 Å². The lowest BCUT2D eigenvalue weighted by Gasteiger charge is -2.26. The Labute approximate surface area is 184 Å². The summed E-state index contributed by atoms with van der Waals surface area (Å²) < 4.78 is 0. The molecule has 0 aromatic carbocycles. The average Bonchev–Trinajstić information content (AvgIpc) is 3.44. The fourth-order valence-electron chi connectivity index (χ4n) is 4.19. The fourth-order valence-corrected chi connectivity index (χ4v) is 5.24. The lowest BCUT2D eigenvalue weighted by molar-refractivity contribution is -0.140. The number of carbonyl (C=O) groups excluding carboxylic acids is 1. The first-order valence-corrected chi connectivity index (χ1v) is 11.3. The Kier molecular flexibility index (Phi) is 5.46. The number of anilines is 2. The number of rotatable bonds is 5. The molecule has 5 rings (SSSR count). The molecule has 1 fully saturated rings. The molecule has 3 aromatic heterocycles. The lowest BCUT2D eigenvalue weighted by atomic mass is 9.79. The van der Waals surface area contributed by atoms with Gasteiger partial charge in [-0.15, -0.1) is 11.3 Å². The number of hydrogen-bond acceptors (Lipinski definition) is 8. The van der Waals surface area contributed by atoms with Gasteiger partial charge >= 0.3 is 5.97 Å². The largest absolute Gasteiger partial charge is 0.340 e. The van der Waals surface area contributed by atoms with E-state index in [4.69, 9.17) is 14.8 Å². The molecule has 0 atom stereocenters. The van der Waals surface area contributed by atoms with Crippen LogP contribution in [0.25, 0.3) is 10.6 Å². The highest BCUT2D eigenvalue weighted by molar-refractivity contribution is 7.15. The van der Waals surface area contributed by atoms with Gasteiger partial charge in [0.15, 0.2) is 0 Å². The third-order valence-electron chi connectivity index (χ3n) is 5.83. The van der Waals surface area contributed by atoms with Crippen LogP contribution >= 0.6 is 11.3 Å². The highest BCUT2D eigenvalue weighted by Gasteiger charge is 2.31. The zero-order chi connectivity index (χ0) is 21.2. The van der Waals surface area contributed by atoms with E-state index in [-0.39, 0.29) is 5.97 Å². The predicted molar refractivity (Wildman–Crippen MR) is 120 cm³/mol. The predicted octanol–water partition coefficient (Wildman–Crippen LogP) is 5.23. The monoisotopic (exact) mass is 433 g/mol. The van der Waals surface area contributed by atoms with E-state index in [1.54, 1.807) is 17.5 Å². The Hall–Kier alpha value is -3.13. The minimum Gasteiger partial charge on any atom is -0.325 e. The van der Waals surface area contributed by atoms with Crippen molar-refractivity contribution in [2.45, 2.75) is 44.9 Å². The van der Waals surface area contributed by atoms with Crippen molar-refractivity contribution in [1.82, 2.24) is 15.0 Å². The van der Waals surface area contributed by atoms with Gasteiger partial charge in [-0.3, -0.25) is 0 Å². The van der Waals surface area contributed by atoms with Gasteiger partial charge in [-0.2, -0.15) is 0 Å². The molecule has 1 N–H and O–H groups in total. The van der Waals surface area contributed by atoms with Crippen molar-refractivity contribution in [3.8, 4) is 10.6 Å². The molecule has 1 aliphatic heterocycles. The molecular weight excluding hydrogens is 410 g/mol. The number of hydrogen-bond donors (Lipinski definition) is 1. The van der Waals surface area contributed by atoms with Gasteiger partial charge < -0.3 is 10.2 Å². The van der Waals surface area contributed by atoms with E-state index in [0.717, 1.165) is 64.2 Å². The summed E-state index contributed by atoms with van der Waals surface area (Å²) in [5, 5.41) is 8.40. The number of oxime groups is 1. The molecule has 31 heavy (non-hydrogen) atoms. The highest BCUT2D eigenvalue weighted by Crippen LogP contribution is 2.40.